The van der Waals surface area contributed by atoms with Crippen LogP contribution in [0.4, 0.5) is 0 Å². The van der Waals surface area contributed by atoms with Gasteiger partial charge in [0.1, 0.15) is 6.10 Å². The zero-order chi connectivity index (χ0) is 14.1. The Labute approximate surface area is 133 Å². The Balaban J connectivity index is 2.12. The Morgan fingerprint density at radius 3 is 2.55 bits per heavy atom. The molecule has 0 saturated heterocycles. The summed E-state index contributed by atoms with van der Waals surface area (Å²) in [6, 6.07) is 13.7. The lowest BCUT2D eigenvalue weighted by molar-refractivity contribution is 0.221. The molecule has 0 aliphatic carbocycles. The fraction of sp³-hybridized carbons (Fsp3) is 0.0625. The first-order chi connectivity index (χ1) is 9.66. The summed E-state index contributed by atoms with van der Waals surface area (Å²) < 4.78 is 1.88. The summed E-state index contributed by atoms with van der Waals surface area (Å²) in [5.41, 5.74) is 1.65. The van der Waals surface area contributed by atoms with Crippen LogP contribution in [0.2, 0.25) is 0 Å². The molecule has 1 N–H and O–H groups in total. The van der Waals surface area contributed by atoms with E-state index in [0.29, 0.717) is 0 Å². The summed E-state index contributed by atoms with van der Waals surface area (Å²) in [5.74, 6) is 0. The van der Waals surface area contributed by atoms with Gasteiger partial charge in [0.15, 0.2) is 0 Å². The minimum Gasteiger partial charge on any atom is -0.384 e. The van der Waals surface area contributed by atoms with Gasteiger partial charge in [-0.05, 0) is 54.9 Å². The molecule has 0 aliphatic rings. The van der Waals surface area contributed by atoms with Crippen molar-refractivity contribution in [3.8, 4) is 0 Å². The maximum Gasteiger partial charge on any atom is 0.106 e. The Morgan fingerprint density at radius 2 is 1.75 bits per heavy atom. The standard InChI is InChI=1S/C16H11Br2NO/c17-14-6-5-10(7-15(14)18)16(20)13-9-19-8-11-3-1-2-4-12(11)13/h1-9,16,20H. The maximum absolute atomic E-state index is 10.6. The second kappa shape index (κ2) is 5.64. The molecular weight excluding hydrogens is 382 g/mol. The maximum atomic E-state index is 10.6. The van der Waals surface area contributed by atoms with E-state index in [0.717, 1.165) is 30.8 Å². The van der Waals surface area contributed by atoms with Gasteiger partial charge in [-0.15, -0.1) is 0 Å². The molecule has 1 aromatic heterocycles. The van der Waals surface area contributed by atoms with Gasteiger partial charge >= 0.3 is 0 Å². The third-order valence-electron chi connectivity index (χ3n) is 3.25. The van der Waals surface area contributed by atoms with E-state index in [-0.39, 0.29) is 0 Å². The Hall–Kier alpha value is -1.23. The average molecular weight is 393 g/mol. The molecular formula is C16H11Br2NO. The molecule has 4 heteroatoms. The summed E-state index contributed by atoms with van der Waals surface area (Å²) in [7, 11) is 0. The molecule has 2 nitrogen and oxygen atoms in total. The van der Waals surface area contributed by atoms with Crippen LogP contribution < -0.4 is 0 Å². The van der Waals surface area contributed by atoms with Crippen LogP contribution in [0.1, 0.15) is 17.2 Å². The number of hydrogen-bond acceptors (Lipinski definition) is 2. The summed E-state index contributed by atoms with van der Waals surface area (Å²) in [6.45, 7) is 0. The first-order valence-corrected chi connectivity index (χ1v) is 7.71. The second-order valence-corrected chi connectivity index (χ2v) is 6.23. The minimum atomic E-state index is -0.696. The predicted octanol–water partition coefficient (Wildman–Crippen LogP) is 4.84. The summed E-state index contributed by atoms with van der Waals surface area (Å²) >= 11 is 6.90. The number of hydrogen-bond donors (Lipinski definition) is 1. The fourth-order valence-corrected chi connectivity index (χ4v) is 2.86. The monoisotopic (exact) mass is 391 g/mol. The lowest BCUT2D eigenvalue weighted by atomic mass is 9.98. The second-order valence-electron chi connectivity index (χ2n) is 4.53. The Morgan fingerprint density at radius 1 is 0.950 bits per heavy atom. The summed E-state index contributed by atoms with van der Waals surface area (Å²) in [5, 5.41) is 12.7. The van der Waals surface area contributed by atoms with Crippen molar-refractivity contribution < 1.29 is 5.11 Å². The average Bonchev–Trinajstić information content (AvgIpc) is 2.49. The van der Waals surface area contributed by atoms with Gasteiger partial charge in [-0.3, -0.25) is 4.98 Å². The van der Waals surface area contributed by atoms with Crippen molar-refractivity contribution in [1.29, 1.82) is 0 Å². The van der Waals surface area contributed by atoms with Gasteiger partial charge in [-0.2, -0.15) is 0 Å². The third kappa shape index (κ3) is 2.51. The molecule has 1 heterocycles. The molecule has 20 heavy (non-hydrogen) atoms. The van der Waals surface area contributed by atoms with Crippen molar-refractivity contribution in [3.05, 3.63) is 74.9 Å². The molecule has 1 unspecified atom stereocenters. The first kappa shape index (κ1) is 13.7. The van der Waals surface area contributed by atoms with Crippen molar-refractivity contribution in [2.24, 2.45) is 0 Å². The highest BCUT2D eigenvalue weighted by molar-refractivity contribution is 9.13. The van der Waals surface area contributed by atoms with Crippen LogP contribution in [0.15, 0.2) is 63.8 Å². The zero-order valence-corrected chi connectivity index (χ0v) is 13.6. The molecule has 0 bridgehead atoms. The number of pyridine rings is 1. The fourth-order valence-electron chi connectivity index (χ4n) is 2.22. The largest absolute Gasteiger partial charge is 0.384 e. The predicted molar refractivity (Wildman–Crippen MR) is 87.6 cm³/mol. The van der Waals surface area contributed by atoms with E-state index in [2.05, 4.69) is 36.8 Å². The third-order valence-corrected chi connectivity index (χ3v) is 5.13. The minimum absolute atomic E-state index is 0.696. The molecule has 0 radical (unpaired) electrons. The SMILES string of the molecule is OC(c1ccc(Br)c(Br)c1)c1cncc2ccccc12. The zero-order valence-electron chi connectivity index (χ0n) is 10.4. The van der Waals surface area contributed by atoms with E-state index >= 15 is 0 Å². The number of fused-ring (bicyclic) bond motifs is 1. The first-order valence-electron chi connectivity index (χ1n) is 6.12. The van der Waals surface area contributed by atoms with Gasteiger partial charge in [0, 0.05) is 32.3 Å². The molecule has 0 saturated carbocycles. The van der Waals surface area contributed by atoms with Crippen LogP contribution >= 0.6 is 31.9 Å². The van der Waals surface area contributed by atoms with Gasteiger partial charge in [0.05, 0.1) is 0 Å². The number of aliphatic hydroxyl groups excluding tert-OH is 1. The van der Waals surface area contributed by atoms with E-state index in [1.54, 1.807) is 6.20 Å². The van der Waals surface area contributed by atoms with Gasteiger partial charge < -0.3 is 5.11 Å². The Bertz CT molecular complexity index is 768. The van der Waals surface area contributed by atoms with Crippen molar-refractivity contribution in [3.63, 3.8) is 0 Å². The lowest BCUT2D eigenvalue weighted by Crippen LogP contribution is -2.01. The highest BCUT2D eigenvalue weighted by Crippen LogP contribution is 2.31. The topological polar surface area (TPSA) is 33.1 Å². The number of aliphatic hydroxyl groups is 1. The molecule has 0 spiro atoms. The molecule has 0 fully saturated rings. The molecule has 2 aromatic carbocycles. The van der Waals surface area contributed by atoms with Crippen LogP contribution in [-0.4, -0.2) is 10.1 Å². The van der Waals surface area contributed by atoms with Crippen molar-refractivity contribution >= 4 is 42.6 Å². The van der Waals surface area contributed by atoms with Crippen LogP contribution in [0.5, 0.6) is 0 Å². The van der Waals surface area contributed by atoms with E-state index in [1.807, 2.05) is 48.7 Å². The number of aromatic nitrogens is 1. The van der Waals surface area contributed by atoms with Crippen molar-refractivity contribution in [2.75, 3.05) is 0 Å². The van der Waals surface area contributed by atoms with E-state index in [9.17, 15) is 5.11 Å². The van der Waals surface area contributed by atoms with Gasteiger partial charge in [0.2, 0.25) is 0 Å². The molecule has 3 aromatic rings. The van der Waals surface area contributed by atoms with Crippen LogP contribution in [0.25, 0.3) is 10.8 Å². The molecule has 100 valence electrons. The molecule has 0 amide bonds. The van der Waals surface area contributed by atoms with E-state index < -0.39 is 6.10 Å². The van der Waals surface area contributed by atoms with Crippen LogP contribution in [0.3, 0.4) is 0 Å². The summed E-state index contributed by atoms with van der Waals surface area (Å²) in [4.78, 5) is 4.22. The van der Waals surface area contributed by atoms with Crippen molar-refractivity contribution in [1.82, 2.24) is 4.98 Å². The highest BCUT2D eigenvalue weighted by atomic mass is 79.9. The van der Waals surface area contributed by atoms with Gasteiger partial charge in [-0.25, -0.2) is 0 Å². The lowest BCUT2D eigenvalue weighted by Gasteiger charge is -2.14. The van der Waals surface area contributed by atoms with Crippen molar-refractivity contribution in [2.45, 2.75) is 6.10 Å². The highest BCUT2D eigenvalue weighted by Gasteiger charge is 2.14. The van der Waals surface area contributed by atoms with E-state index in [4.69, 9.17) is 0 Å². The number of nitrogens with zero attached hydrogens (tertiary/aromatic N) is 1. The normalized spacial score (nSPS) is 12.6. The Kier molecular flexibility index (Phi) is 3.87. The molecule has 0 aliphatic heterocycles. The summed E-state index contributed by atoms with van der Waals surface area (Å²) in [6.07, 6.45) is 2.84. The van der Waals surface area contributed by atoms with Crippen LogP contribution in [-0.2, 0) is 0 Å². The quantitative estimate of drug-likeness (QED) is 0.676. The molecule has 1 atom stereocenters. The van der Waals surface area contributed by atoms with E-state index in [1.165, 1.54) is 0 Å². The van der Waals surface area contributed by atoms with Gasteiger partial charge in [-0.1, -0.05) is 30.3 Å². The smallest absolute Gasteiger partial charge is 0.106 e. The van der Waals surface area contributed by atoms with Crippen LogP contribution in [0, 0.1) is 0 Å². The number of benzene rings is 2. The molecule has 3 rings (SSSR count). The van der Waals surface area contributed by atoms with Gasteiger partial charge in [0.25, 0.3) is 0 Å². The number of halogens is 2. The number of rotatable bonds is 2.